The summed E-state index contributed by atoms with van der Waals surface area (Å²) in [5, 5.41) is 0. The van der Waals surface area contributed by atoms with Gasteiger partial charge in [0.1, 0.15) is 0 Å². The topological polar surface area (TPSA) is 32.8 Å². The predicted octanol–water partition coefficient (Wildman–Crippen LogP) is 2.63. The minimum absolute atomic E-state index is 0.238. The first kappa shape index (κ1) is 16.5. The molecule has 1 atom stereocenters. The summed E-state index contributed by atoms with van der Waals surface area (Å²) in [5.41, 5.74) is 2.75. The van der Waals surface area contributed by atoms with Gasteiger partial charge in [-0.15, -0.1) is 0 Å². The molecule has 23 heavy (non-hydrogen) atoms. The number of likely N-dealkylation sites (N-methyl/N-ethyl adjacent to an activating group) is 1. The number of benzene rings is 1. The zero-order valence-corrected chi connectivity index (χ0v) is 14.3. The molecule has 3 rings (SSSR count). The molecule has 4 nitrogen and oxygen atoms in total. The highest BCUT2D eigenvalue weighted by molar-refractivity contribution is 5.78. The van der Waals surface area contributed by atoms with E-state index in [0.29, 0.717) is 12.6 Å². The van der Waals surface area contributed by atoms with Gasteiger partial charge >= 0.3 is 0 Å². The summed E-state index contributed by atoms with van der Waals surface area (Å²) >= 11 is 0. The van der Waals surface area contributed by atoms with Crippen LogP contribution in [0.2, 0.25) is 0 Å². The third kappa shape index (κ3) is 3.75. The average Bonchev–Trinajstić information content (AvgIpc) is 2.61. The lowest BCUT2D eigenvalue weighted by Crippen LogP contribution is -2.44. The van der Waals surface area contributed by atoms with E-state index < -0.39 is 0 Å². The molecule has 1 amide bonds. The van der Waals surface area contributed by atoms with Crippen LogP contribution < -0.4 is 0 Å². The van der Waals surface area contributed by atoms with Crippen molar-refractivity contribution in [2.24, 2.45) is 0 Å². The van der Waals surface area contributed by atoms with Crippen LogP contribution in [0.5, 0.6) is 0 Å². The van der Waals surface area contributed by atoms with Crippen molar-refractivity contribution in [2.75, 3.05) is 33.8 Å². The van der Waals surface area contributed by atoms with Gasteiger partial charge in [-0.05, 0) is 43.2 Å². The number of amides is 1. The van der Waals surface area contributed by atoms with Crippen LogP contribution in [-0.4, -0.2) is 55.6 Å². The average molecular weight is 316 g/mol. The fourth-order valence-electron chi connectivity index (χ4n) is 3.91. The van der Waals surface area contributed by atoms with Gasteiger partial charge in [-0.3, -0.25) is 9.69 Å². The number of nitrogens with zero attached hydrogens (tertiary/aromatic N) is 2. The smallest absolute Gasteiger partial charge is 0.237 e. The molecule has 1 unspecified atom stereocenters. The third-order valence-corrected chi connectivity index (χ3v) is 5.43. The molecule has 1 heterocycles. The maximum atomic E-state index is 12.7. The maximum Gasteiger partial charge on any atom is 0.237 e. The number of fused-ring (bicyclic) bond motifs is 1. The Hall–Kier alpha value is -1.39. The second kappa shape index (κ2) is 7.45. The van der Waals surface area contributed by atoms with Gasteiger partial charge in [0.25, 0.3) is 0 Å². The van der Waals surface area contributed by atoms with Crippen LogP contribution in [0.1, 0.15) is 42.9 Å². The normalized spacial score (nSPS) is 22.6. The van der Waals surface area contributed by atoms with Gasteiger partial charge in [0.15, 0.2) is 0 Å². The van der Waals surface area contributed by atoms with Crippen molar-refractivity contribution < 1.29 is 9.53 Å². The number of carbonyl (C=O) groups excluding carboxylic acids is 1. The van der Waals surface area contributed by atoms with Crippen molar-refractivity contribution in [3.8, 4) is 0 Å². The van der Waals surface area contributed by atoms with Crippen LogP contribution in [0.25, 0.3) is 0 Å². The molecule has 1 aliphatic carbocycles. The summed E-state index contributed by atoms with van der Waals surface area (Å²) in [6.07, 6.45) is 5.80. The standard InChI is InChI=1S/C19H28N2O2/c1-20(18-9-5-7-15-6-3-4-8-17(15)18)19(22)14-21-12-10-16(23-2)11-13-21/h3-4,6,8,16,18H,5,7,9-14H2,1-2H3. The lowest BCUT2D eigenvalue weighted by atomic mass is 9.87. The van der Waals surface area contributed by atoms with Crippen molar-refractivity contribution in [3.63, 3.8) is 0 Å². The highest BCUT2D eigenvalue weighted by atomic mass is 16.5. The first-order valence-electron chi connectivity index (χ1n) is 8.77. The highest BCUT2D eigenvalue weighted by Gasteiger charge is 2.28. The van der Waals surface area contributed by atoms with E-state index in [2.05, 4.69) is 29.2 Å². The van der Waals surface area contributed by atoms with Gasteiger partial charge < -0.3 is 9.64 Å². The number of piperidine rings is 1. The SMILES string of the molecule is COC1CCN(CC(=O)N(C)C2CCCc3ccccc32)CC1. The predicted molar refractivity (Wildman–Crippen MR) is 91.4 cm³/mol. The number of carbonyl (C=O) groups is 1. The summed E-state index contributed by atoms with van der Waals surface area (Å²) < 4.78 is 5.40. The second-order valence-electron chi connectivity index (χ2n) is 6.82. The Morgan fingerprint density at radius 2 is 2.00 bits per heavy atom. The summed E-state index contributed by atoms with van der Waals surface area (Å²) in [6, 6.07) is 8.82. The van der Waals surface area contributed by atoms with Crippen molar-refractivity contribution in [2.45, 2.75) is 44.2 Å². The lowest BCUT2D eigenvalue weighted by molar-refractivity contribution is -0.134. The molecule has 4 heteroatoms. The van der Waals surface area contributed by atoms with Crippen molar-refractivity contribution in [1.29, 1.82) is 0 Å². The molecule has 0 aromatic heterocycles. The molecule has 0 radical (unpaired) electrons. The van der Waals surface area contributed by atoms with Crippen LogP contribution in [-0.2, 0) is 16.0 Å². The van der Waals surface area contributed by atoms with E-state index in [-0.39, 0.29) is 11.9 Å². The van der Waals surface area contributed by atoms with E-state index in [1.165, 1.54) is 17.5 Å². The van der Waals surface area contributed by atoms with Crippen molar-refractivity contribution in [1.82, 2.24) is 9.80 Å². The first-order valence-corrected chi connectivity index (χ1v) is 8.77. The minimum Gasteiger partial charge on any atom is -0.381 e. The molecular formula is C19H28N2O2. The number of likely N-dealkylation sites (tertiary alicyclic amines) is 1. The molecule has 1 fully saturated rings. The number of methoxy groups -OCH3 is 1. The molecule has 2 aliphatic rings. The monoisotopic (exact) mass is 316 g/mol. The molecule has 0 saturated carbocycles. The molecule has 126 valence electrons. The molecule has 0 spiro atoms. The van der Waals surface area contributed by atoms with Crippen LogP contribution in [0.15, 0.2) is 24.3 Å². The third-order valence-electron chi connectivity index (χ3n) is 5.43. The molecule has 1 aromatic rings. The maximum absolute atomic E-state index is 12.7. The molecular weight excluding hydrogens is 288 g/mol. The zero-order valence-electron chi connectivity index (χ0n) is 14.3. The molecule has 1 aliphatic heterocycles. The molecule has 1 aromatic carbocycles. The van der Waals surface area contributed by atoms with Gasteiger partial charge in [-0.1, -0.05) is 24.3 Å². The van der Waals surface area contributed by atoms with Gasteiger partial charge in [-0.2, -0.15) is 0 Å². The summed E-state index contributed by atoms with van der Waals surface area (Å²) in [5.74, 6) is 0.238. The number of hydrogen-bond acceptors (Lipinski definition) is 3. The van der Waals surface area contributed by atoms with Gasteiger partial charge in [0.2, 0.25) is 5.91 Å². The van der Waals surface area contributed by atoms with E-state index in [1.54, 1.807) is 7.11 Å². The van der Waals surface area contributed by atoms with Crippen LogP contribution in [0, 0.1) is 0 Å². The largest absolute Gasteiger partial charge is 0.381 e. The van der Waals surface area contributed by atoms with Crippen LogP contribution in [0.3, 0.4) is 0 Å². The van der Waals surface area contributed by atoms with Gasteiger partial charge in [0.05, 0.1) is 18.7 Å². The Morgan fingerprint density at radius 3 is 2.74 bits per heavy atom. The van der Waals surface area contributed by atoms with Crippen LogP contribution in [0.4, 0.5) is 0 Å². The summed E-state index contributed by atoms with van der Waals surface area (Å²) in [6.45, 7) is 2.45. The van der Waals surface area contributed by atoms with Crippen LogP contribution >= 0.6 is 0 Å². The second-order valence-corrected chi connectivity index (χ2v) is 6.82. The molecule has 0 bridgehead atoms. The summed E-state index contributed by atoms with van der Waals surface area (Å²) in [7, 11) is 3.75. The quantitative estimate of drug-likeness (QED) is 0.856. The van der Waals surface area contributed by atoms with Gasteiger partial charge in [0, 0.05) is 27.2 Å². The molecule has 1 saturated heterocycles. The lowest BCUT2D eigenvalue weighted by Gasteiger charge is -2.36. The number of rotatable bonds is 4. The fraction of sp³-hybridized carbons (Fsp3) is 0.632. The Kier molecular flexibility index (Phi) is 5.34. The number of ether oxygens (including phenoxy) is 1. The Morgan fingerprint density at radius 1 is 1.26 bits per heavy atom. The van der Waals surface area contributed by atoms with E-state index in [0.717, 1.165) is 38.8 Å². The zero-order chi connectivity index (χ0) is 16.2. The molecule has 0 N–H and O–H groups in total. The van der Waals surface area contributed by atoms with E-state index >= 15 is 0 Å². The summed E-state index contributed by atoms with van der Waals surface area (Å²) in [4.78, 5) is 17.0. The van der Waals surface area contributed by atoms with E-state index in [9.17, 15) is 4.79 Å². The Labute approximate surface area is 139 Å². The van der Waals surface area contributed by atoms with Crippen molar-refractivity contribution >= 4 is 5.91 Å². The number of aryl methyl sites for hydroxylation is 1. The fourth-order valence-corrected chi connectivity index (χ4v) is 3.91. The van der Waals surface area contributed by atoms with E-state index in [4.69, 9.17) is 4.74 Å². The minimum atomic E-state index is 0.238. The highest BCUT2D eigenvalue weighted by Crippen LogP contribution is 2.33. The first-order chi connectivity index (χ1) is 11.2. The van der Waals surface area contributed by atoms with E-state index in [1.807, 2.05) is 11.9 Å². The van der Waals surface area contributed by atoms with Gasteiger partial charge in [-0.25, -0.2) is 0 Å². The number of hydrogen-bond donors (Lipinski definition) is 0. The Balaban J connectivity index is 1.60. The van der Waals surface area contributed by atoms with Crippen molar-refractivity contribution in [3.05, 3.63) is 35.4 Å². The Bertz CT molecular complexity index is 538.